The minimum absolute atomic E-state index is 0.0453. The molecule has 1 saturated heterocycles. The number of carbonyl (C=O) groups is 1. The topological polar surface area (TPSA) is 32.3 Å². The van der Waals surface area contributed by atoms with Crippen LogP contribution in [0.15, 0.2) is 24.3 Å². The molecule has 1 atom stereocenters. The average Bonchev–Trinajstić information content (AvgIpc) is 2.61. The quantitative estimate of drug-likeness (QED) is 0.917. The van der Waals surface area contributed by atoms with Crippen LogP contribution >= 0.6 is 0 Å². The van der Waals surface area contributed by atoms with Crippen molar-refractivity contribution in [1.29, 1.82) is 0 Å². The average molecular weight is 314 g/mol. The van der Waals surface area contributed by atoms with Crippen molar-refractivity contribution in [2.75, 3.05) is 0 Å². The number of halogens is 3. The normalized spacial score (nSPS) is 20.3. The molecule has 0 radical (unpaired) electrons. The van der Waals surface area contributed by atoms with Gasteiger partial charge in [-0.25, -0.2) is 0 Å². The first-order valence-corrected chi connectivity index (χ1v) is 7.28. The molecule has 0 saturated carbocycles. The van der Waals surface area contributed by atoms with Crippen LogP contribution in [0.3, 0.4) is 0 Å². The van der Waals surface area contributed by atoms with Gasteiger partial charge in [0.25, 0.3) is 0 Å². The van der Waals surface area contributed by atoms with Gasteiger partial charge in [0.1, 0.15) is 0 Å². The Hall–Kier alpha value is -1.56. The fraction of sp³-hybridized carbons (Fsp3) is 0.562. The minimum atomic E-state index is -4.48. The maximum Gasteiger partial charge on any atom is 0.409 e. The molecule has 1 N–H and O–H groups in total. The Balaban J connectivity index is 2.41. The maximum absolute atomic E-state index is 13.6. The summed E-state index contributed by atoms with van der Waals surface area (Å²) in [5, 5.41) is 1.03. The molecule has 1 aromatic rings. The largest absolute Gasteiger partial charge is 0.409 e. The molecule has 1 aliphatic heterocycles. The molecule has 6 heteroatoms. The van der Waals surface area contributed by atoms with Crippen molar-refractivity contribution in [1.82, 2.24) is 10.4 Å². The van der Waals surface area contributed by atoms with Crippen molar-refractivity contribution >= 4 is 5.91 Å². The summed E-state index contributed by atoms with van der Waals surface area (Å²) in [6.45, 7) is 7.23. The highest BCUT2D eigenvalue weighted by Gasteiger charge is 2.52. The number of nitrogens with zero attached hydrogens (tertiary/aromatic N) is 1. The zero-order chi connectivity index (χ0) is 16.7. The van der Waals surface area contributed by atoms with Crippen LogP contribution in [0.2, 0.25) is 0 Å². The van der Waals surface area contributed by atoms with Crippen molar-refractivity contribution in [3.05, 3.63) is 35.4 Å². The first-order chi connectivity index (χ1) is 10.0. The Bertz CT molecular complexity index is 550. The highest BCUT2D eigenvalue weighted by molar-refractivity contribution is 5.79. The second kappa shape index (κ2) is 5.57. The van der Waals surface area contributed by atoms with E-state index in [-0.39, 0.29) is 17.9 Å². The smallest absolute Gasteiger partial charge is 0.287 e. The number of rotatable bonds is 3. The Kier molecular flexibility index (Phi) is 4.26. The Morgan fingerprint density at radius 1 is 1.14 bits per heavy atom. The summed E-state index contributed by atoms with van der Waals surface area (Å²) in [6.07, 6.45) is -4.43. The van der Waals surface area contributed by atoms with E-state index < -0.39 is 23.7 Å². The molecule has 1 amide bonds. The molecule has 1 heterocycles. The predicted molar refractivity (Wildman–Crippen MR) is 78.0 cm³/mol. The van der Waals surface area contributed by atoms with Crippen LogP contribution in [0.4, 0.5) is 13.2 Å². The third-order valence-electron chi connectivity index (χ3n) is 3.98. The number of hydrogen-bond donors (Lipinski definition) is 1. The van der Waals surface area contributed by atoms with Crippen LogP contribution in [0.1, 0.15) is 57.2 Å². The number of hydrazine groups is 1. The van der Waals surface area contributed by atoms with Gasteiger partial charge in [-0.15, -0.1) is 0 Å². The molecule has 2 rings (SSSR count). The van der Waals surface area contributed by atoms with E-state index in [0.717, 1.165) is 10.6 Å². The summed E-state index contributed by atoms with van der Waals surface area (Å²) in [7, 11) is 0. The van der Waals surface area contributed by atoms with Crippen LogP contribution in [0.25, 0.3) is 0 Å². The molecular weight excluding hydrogens is 293 g/mol. The van der Waals surface area contributed by atoms with Crippen LogP contribution in [0.5, 0.6) is 0 Å². The summed E-state index contributed by atoms with van der Waals surface area (Å²) >= 11 is 0. The van der Waals surface area contributed by atoms with Gasteiger partial charge in [0, 0.05) is 12.0 Å². The van der Waals surface area contributed by atoms with Gasteiger partial charge in [0.05, 0.1) is 0 Å². The molecule has 22 heavy (non-hydrogen) atoms. The Labute approximate surface area is 128 Å². The molecule has 0 spiro atoms. The van der Waals surface area contributed by atoms with Gasteiger partial charge in [0.2, 0.25) is 5.91 Å². The molecule has 0 aliphatic carbocycles. The van der Waals surface area contributed by atoms with Gasteiger partial charge in [-0.3, -0.25) is 10.2 Å². The summed E-state index contributed by atoms with van der Waals surface area (Å²) in [4.78, 5) is 11.6. The molecule has 1 aromatic carbocycles. The van der Waals surface area contributed by atoms with E-state index in [0.29, 0.717) is 0 Å². The second-order valence-corrected chi connectivity index (χ2v) is 6.66. The summed E-state index contributed by atoms with van der Waals surface area (Å²) in [5.74, 6) is -0.139. The third kappa shape index (κ3) is 3.27. The van der Waals surface area contributed by atoms with Crippen LogP contribution in [-0.4, -0.2) is 22.6 Å². The van der Waals surface area contributed by atoms with Crippen molar-refractivity contribution in [2.45, 2.75) is 57.8 Å². The lowest BCUT2D eigenvalue weighted by Gasteiger charge is -2.38. The third-order valence-corrected chi connectivity index (χ3v) is 3.98. The Morgan fingerprint density at radius 2 is 1.64 bits per heavy atom. The fourth-order valence-electron chi connectivity index (χ4n) is 2.76. The monoisotopic (exact) mass is 314 g/mol. The zero-order valence-corrected chi connectivity index (χ0v) is 13.2. The van der Waals surface area contributed by atoms with E-state index in [4.69, 9.17) is 0 Å². The summed E-state index contributed by atoms with van der Waals surface area (Å²) < 4.78 is 40.8. The van der Waals surface area contributed by atoms with Gasteiger partial charge in [-0.1, -0.05) is 38.1 Å². The van der Waals surface area contributed by atoms with Crippen molar-refractivity contribution in [3.63, 3.8) is 0 Å². The number of nitrogens with one attached hydrogen (secondary N) is 1. The van der Waals surface area contributed by atoms with Gasteiger partial charge in [-0.2, -0.15) is 18.2 Å². The molecule has 0 bridgehead atoms. The number of hydrogen-bond acceptors (Lipinski definition) is 2. The summed E-state index contributed by atoms with van der Waals surface area (Å²) in [5.41, 5.74) is 2.58. The van der Waals surface area contributed by atoms with Gasteiger partial charge >= 0.3 is 6.18 Å². The van der Waals surface area contributed by atoms with Gasteiger partial charge in [-0.05, 0) is 30.9 Å². The Morgan fingerprint density at radius 3 is 2.00 bits per heavy atom. The van der Waals surface area contributed by atoms with Crippen molar-refractivity contribution in [3.8, 4) is 0 Å². The highest BCUT2D eigenvalue weighted by atomic mass is 19.4. The lowest BCUT2D eigenvalue weighted by atomic mass is 9.95. The predicted octanol–water partition coefficient (Wildman–Crippen LogP) is 3.93. The van der Waals surface area contributed by atoms with E-state index >= 15 is 0 Å². The van der Waals surface area contributed by atoms with E-state index in [9.17, 15) is 18.0 Å². The minimum Gasteiger partial charge on any atom is -0.287 e. The number of benzene rings is 1. The van der Waals surface area contributed by atoms with Crippen molar-refractivity contribution < 1.29 is 18.0 Å². The second-order valence-electron chi connectivity index (χ2n) is 6.66. The number of alkyl halides is 3. The first kappa shape index (κ1) is 16.8. The molecule has 1 unspecified atom stereocenters. The molecule has 3 nitrogen and oxygen atoms in total. The van der Waals surface area contributed by atoms with E-state index in [1.165, 1.54) is 12.1 Å². The molecule has 0 aromatic heterocycles. The number of amides is 1. The lowest BCUT2D eigenvalue weighted by molar-refractivity contribution is -0.203. The summed E-state index contributed by atoms with van der Waals surface area (Å²) in [6, 6.07) is 4.56. The van der Waals surface area contributed by atoms with E-state index in [2.05, 4.69) is 5.43 Å². The molecule has 1 aliphatic rings. The van der Waals surface area contributed by atoms with Crippen LogP contribution < -0.4 is 5.43 Å². The van der Waals surface area contributed by atoms with Crippen LogP contribution in [-0.2, 0) is 4.79 Å². The maximum atomic E-state index is 13.6. The van der Waals surface area contributed by atoms with E-state index in [1.54, 1.807) is 26.0 Å². The van der Waals surface area contributed by atoms with Crippen molar-refractivity contribution in [2.24, 2.45) is 0 Å². The van der Waals surface area contributed by atoms with E-state index in [1.807, 2.05) is 13.8 Å². The SMILES string of the molecule is CC(C)c1ccc(C(N2NC(=O)CC2(C)C)C(F)(F)F)cc1. The molecule has 122 valence electrons. The van der Waals surface area contributed by atoms with Gasteiger partial charge < -0.3 is 0 Å². The first-order valence-electron chi connectivity index (χ1n) is 7.28. The number of carbonyl (C=O) groups excluding carboxylic acids is 1. The molecular formula is C16H21F3N2O. The standard InChI is InChI=1S/C16H21F3N2O/c1-10(2)11-5-7-12(8-6-11)14(16(17,18)19)21-15(3,4)9-13(22)20-21/h5-8,10,14H,9H2,1-4H3,(H,20,22). The highest BCUT2D eigenvalue weighted by Crippen LogP contribution is 2.42. The molecule has 1 fully saturated rings. The fourth-order valence-corrected chi connectivity index (χ4v) is 2.76. The lowest BCUT2D eigenvalue weighted by Crippen LogP contribution is -2.51. The van der Waals surface area contributed by atoms with Crippen LogP contribution in [0, 0.1) is 0 Å². The van der Waals surface area contributed by atoms with Gasteiger partial charge in [0.15, 0.2) is 6.04 Å². The zero-order valence-electron chi connectivity index (χ0n) is 13.2.